The van der Waals surface area contributed by atoms with Crippen molar-refractivity contribution in [3.05, 3.63) is 52.6 Å². The summed E-state index contributed by atoms with van der Waals surface area (Å²) in [7, 11) is 1.27. The largest absolute Gasteiger partial charge is 0.493 e. The van der Waals surface area contributed by atoms with Gasteiger partial charge in [-0.1, -0.05) is 0 Å². The lowest BCUT2D eigenvalue weighted by Gasteiger charge is -2.14. The topological polar surface area (TPSA) is 44.8 Å². The van der Waals surface area contributed by atoms with E-state index in [0.717, 1.165) is 0 Å². The lowest BCUT2D eigenvalue weighted by molar-refractivity contribution is 0.108. The first kappa shape index (κ1) is 19.8. The maximum Gasteiger partial charge on any atom is 0.252 e. The van der Waals surface area contributed by atoms with E-state index in [1.165, 1.54) is 32.2 Å². The average Bonchev–Trinajstić information content (AvgIpc) is 2.63. The van der Waals surface area contributed by atoms with Crippen LogP contribution in [0.5, 0.6) is 17.2 Å². The van der Waals surface area contributed by atoms with Crippen LogP contribution in [-0.4, -0.2) is 19.0 Å². The predicted octanol–water partition coefficient (Wildman–Crippen LogP) is 4.61. The molecule has 0 heterocycles. The van der Waals surface area contributed by atoms with E-state index in [0.29, 0.717) is 0 Å². The van der Waals surface area contributed by atoms with Crippen LogP contribution < -0.4 is 14.2 Å². The van der Waals surface area contributed by atoms with Crippen molar-refractivity contribution in [2.24, 2.45) is 0 Å². The maximum atomic E-state index is 14.0. The summed E-state index contributed by atoms with van der Waals surface area (Å²) >= 11 is 5.34. The number of rotatable bonds is 7. The smallest absolute Gasteiger partial charge is 0.252 e. The second-order valence-corrected chi connectivity index (χ2v) is 5.27. The highest BCUT2D eigenvalue weighted by Crippen LogP contribution is 2.33. The molecule has 0 aromatic heterocycles. The molecule has 9 heteroatoms. The van der Waals surface area contributed by atoms with E-state index in [2.05, 4.69) is 4.74 Å². The summed E-state index contributed by atoms with van der Waals surface area (Å²) in [4.78, 5) is 11.1. The first-order valence-corrected chi connectivity index (χ1v) is 7.67. The quantitative estimate of drug-likeness (QED) is 0.392. The van der Waals surface area contributed by atoms with Gasteiger partial charge in [0.15, 0.2) is 28.9 Å². The van der Waals surface area contributed by atoms with Crippen LogP contribution in [0.4, 0.5) is 17.6 Å². The van der Waals surface area contributed by atoms with Gasteiger partial charge in [0, 0.05) is 5.56 Å². The predicted molar refractivity (Wildman–Crippen MR) is 85.0 cm³/mol. The number of benzene rings is 2. The van der Waals surface area contributed by atoms with Gasteiger partial charge in [-0.15, -0.1) is 0 Å². The van der Waals surface area contributed by atoms with Gasteiger partial charge >= 0.3 is 0 Å². The normalized spacial score (nSPS) is 10.6. The lowest BCUT2D eigenvalue weighted by atomic mass is 10.1. The van der Waals surface area contributed by atoms with E-state index in [-0.39, 0.29) is 23.7 Å². The molecule has 0 saturated carbocycles. The molecule has 0 saturated heterocycles. The van der Waals surface area contributed by atoms with Gasteiger partial charge in [-0.05, 0) is 36.7 Å². The Morgan fingerprint density at radius 1 is 1.00 bits per heavy atom. The van der Waals surface area contributed by atoms with Gasteiger partial charge in [0.1, 0.15) is 6.61 Å². The monoisotopic (exact) mass is 392 g/mol. The van der Waals surface area contributed by atoms with Crippen LogP contribution in [0.3, 0.4) is 0 Å². The van der Waals surface area contributed by atoms with Crippen molar-refractivity contribution in [1.29, 1.82) is 0 Å². The van der Waals surface area contributed by atoms with Crippen LogP contribution in [0.15, 0.2) is 18.2 Å². The van der Waals surface area contributed by atoms with Gasteiger partial charge in [-0.2, -0.15) is 8.78 Å². The van der Waals surface area contributed by atoms with Crippen LogP contribution >= 0.6 is 11.6 Å². The van der Waals surface area contributed by atoms with Crippen molar-refractivity contribution in [2.45, 2.75) is 13.5 Å². The van der Waals surface area contributed by atoms with Crippen LogP contribution in [0.25, 0.3) is 0 Å². The second-order valence-electron chi connectivity index (χ2n) is 4.92. The molecule has 2 aromatic carbocycles. The molecule has 0 spiro atoms. The lowest BCUT2D eigenvalue weighted by Crippen LogP contribution is -2.10. The average molecular weight is 393 g/mol. The zero-order valence-electron chi connectivity index (χ0n) is 13.7. The van der Waals surface area contributed by atoms with Crippen molar-refractivity contribution in [3.63, 3.8) is 0 Å². The minimum Gasteiger partial charge on any atom is -0.493 e. The van der Waals surface area contributed by atoms with Gasteiger partial charge in [0.05, 0.1) is 19.3 Å². The summed E-state index contributed by atoms with van der Waals surface area (Å²) in [5.41, 5.74) is -0.852. The molecule has 0 aliphatic heterocycles. The minimum atomic E-state index is -1.65. The van der Waals surface area contributed by atoms with Crippen molar-refractivity contribution in [2.75, 3.05) is 13.7 Å². The van der Waals surface area contributed by atoms with Crippen molar-refractivity contribution in [3.8, 4) is 17.2 Å². The van der Waals surface area contributed by atoms with Gasteiger partial charge in [0.25, 0.3) is 5.24 Å². The summed E-state index contributed by atoms with van der Waals surface area (Å²) in [6.45, 7) is 0.404. The molecule has 0 bridgehead atoms. The zero-order valence-corrected chi connectivity index (χ0v) is 14.4. The van der Waals surface area contributed by atoms with Crippen LogP contribution in [0, 0.1) is 23.3 Å². The van der Waals surface area contributed by atoms with Crippen LogP contribution in [0.1, 0.15) is 22.8 Å². The Kier molecular flexibility index (Phi) is 6.31. The van der Waals surface area contributed by atoms with Crippen LogP contribution in [-0.2, 0) is 6.61 Å². The Bertz CT molecular complexity index is 813. The summed E-state index contributed by atoms with van der Waals surface area (Å²) in [5, 5.41) is -0.748. The standard InChI is InChI=1S/C17H13ClF4O4/c1-3-25-16-14(21)12(19)9(13(20)15(16)22)7-26-10-5-4-8(17(18)23)6-11(10)24-2/h4-6H,3,7H2,1-2H3. The molecule has 0 radical (unpaired) electrons. The molecule has 26 heavy (non-hydrogen) atoms. The SMILES string of the molecule is CCOc1c(F)c(F)c(COc2ccc(C(=O)Cl)cc2OC)c(F)c1F. The molecule has 4 nitrogen and oxygen atoms in total. The molecule has 2 rings (SSSR count). The Morgan fingerprint density at radius 3 is 2.12 bits per heavy atom. The summed E-state index contributed by atoms with van der Waals surface area (Å²) < 4.78 is 70.6. The summed E-state index contributed by atoms with van der Waals surface area (Å²) in [6, 6.07) is 3.81. The third kappa shape index (κ3) is 3.85. The fraction of sp³-hybridized carbons (Fsp3) is 0.235. The number of methoxy groups -OCH3 is 1. The third-order valence-electron chi connectivity index (χ3n) is 3.37. The van der Waals surface area contributed by atoms with Gasteiger partial charge in [-0.25, -0.2) is 8.78 Å². The fourth-order valence-corrected chi connectivity index (χ4v) is 2.23. The van der Waals surface area contributed by atoms with E-state index in [4.69, 9.17) is 21.1 Å². The molecule has 0 atom stereocenters. The highest BCUT2D eigenvalue weighted by Gasteiger charge is 2.27. The molecule has 140 valence electrons. The summed E-state index contributed by atoms with van der Waals surface area (Å²) in [5.74, 6) is -7.66. The number of hydrogen-bond donors (Lipinski definition) is 0. The van der Waals surface area contributed by atoms with E-state index in [9.17, 15) is 22.4 Å². The van der Waals surface area contributed by atoms with Gasteiger partial charge in [0.2, 0.25) is 11.6 Å². The highest BCUT2D eigenvalue weighted by molar-refractivity contribution is 6.67. The van der Waals surface area contributed by atoms with Crippen LogP contribution in [0.2, 0.25) is 0 Å². The van der Waals surface area contributed by atoms with Crippen molar-refractivity contribution < 1.29 is 36.6 Å². The molecule has 0 fully saturated rings. The molecule has 2 aromatic rings. The number of carbonyl (C=O) groups is 1. The van der Waals surface area contributed by atoms with Crippen molar-refractivity contribution in [1.82, 2.24) is 0 Å². The molecule has 0 unspecified atom stereocenters. The van der Waals surface area contributed by atoms with Gasteiger partial charge < -0.3 is 14.2 Å². The molecule has 0 N–H and O–H groups in total. The second kappa shape index (κ2) is 8.27. The molecular weight excluding hydrogens is 380 g/mol. The first-order valence-electron chi connectivity index (χ1n) is 7.30. The minimum absolute atomic E-state index is 0.0114. The Morgan fingerprint density at radius 2 is 1.62 bits per heavy atom. The Balaban J connectivity index is 2.34. The zero-order chi connectivity index (χ0) is 19.4. The van der Waals surface area contributed by atoms with E-state index in [1.54, 1.807) is 0 Å². The molecule has 0 aliphatic carbocycles. The van der Waals surface area contributed by atoms with E-state index < -0.39 is 46.4 Å². The number of halogens is 5. The van der Waals surface area contributed by atoms with Crippen molar-refractivity contribution >= 4 is 16.8 Å². The molecule has 0 amide bonds. The summed E-state index contributed by atoms with van der Waals surface area (Å²) in [6.07, 6.45) is 0. The number of carbonyl (C=O) groups excluding carboxylic acids is 1. The maximum absolute atomic E-state index is 14.0. The Hall–Kier alpha value is -2.48. The fourth-order valence-electron chi connectivity index (χ4n) is 2.11. The van der Waals surface area contributed by atoms with Gasteiger partial charge in [-0.3, -0.25) is 4.79 Å². The third-order valence-corrected chi connectivity index (χ3v) is 3.58. The molecular formula is C17H13ClF4O4. The number of hydrogen-bond acceptors (Lipinski definition) is 4. The Labute approximate surface area is 151 Å². The molecule has 0 aliphatic rings. The van der Waals surface area contributed by atoms with E-state index >= 15 is 0 Å². The highest BCUT2D eigenvalue weighted by atomic mass is 35.5. The van der Waals surface area contributed by atoms with E-state index in [1.807, 2.05) is 0 Å². The first-order chi connectivity index (χ1) is 12.3. The number of ether oxygens (including phenoxy) is 3.